The number of fused-ring (bicyclic) bond motifs is 1. The maximum absolute atomic E-state index is 12.5. The highest BCUT2D eigenvalue weighted by Gasteiger charge is 2.52. The summed E-state index contributed by atoms with van der Waals surface area (Å²) in [6, 6.07) is 12.3. The predicted octanol–water partition coefficient (Wildman–Crippen LogP) is 2.70. The molecule has 1 amide bonds. The van der Waals surface area contributed by atoms with Crippen molar-refractivity contribution < 1.29 is 9.53 Å². The second-order valence-corrected chi connectivity index (χ2v) is 7.77. The van der Waals surface area contributed by atoms with Crippen molar-refractivity contribution in [1.29, 1.82) is 0 Å². The SMILES string of the molecule is CCCc1nc(C)cc(N2CC[C@]3(c4ccccc4)[C@@H](C2)OCC(=O)N3C)n1. The summed E-state index contributed by atoms with van der Waals surface area (Å²) in [4.78, 5) is 26.0. The number of carbonyl (C=O) groups excluding carboxylic acids is 1. The Morgan fingerprint density at radius 2 is 2.04 bits per heavy atom. The van der Waals surface area contributed by atoms with Gasteiger partial charge in [0.25, 0.3) is 0 Å². The van der Waals surface area contributed by atoms with E-state index in [0.717, 1.165) is 48.7 Å². The first-order chi connectivity index (χ1) is 13.5. The lowest BCUT2D eigenvalue weighted by atomic mass is 9.76. The quantitative estimate of drug-likeness (QED) is 0.816. The maximum atomic E-state index is 12.5. The molecule has 3 heterocycles. The highest BCUT2D eigenvalue weighted by molar-refractivity contribution is 5.79. The van der Waals surface area contributed by atoms with Gasteiger partial charge in [-0.05, 0) is 25.3 Å². The smallest absolute Gasteiger partial charge is 0.249 e. The van der Waals surface area contributed by atoms with Crippen molar-refractivity contribution in [1.82, 2.24) is 14.9 Å². The predicted molar refractivity (Wildman–Crippen MR) is 108 cm³/mol. The van der Waals surface area contributed by atoms with Gasteiger partial charge in [-0.1, -0.05) is 37.3 Å². The molecular formula is C22H28N4O2. The number of amides is 1. The summed E-state index contributed by atoms with van der Waals surface area (Å²) >= 11 is 0. The number of ether oxygens (including phenoxy) is 1. The van der Waals surface area contributed by atoms with Crippen LogP contribution in [0, 0.1) is 6.92 Å². The molecule has 2 aromatic rings. The molecule has 148 valence electrons. The van der Waals surface area contributed by atoms with Gasteiger partial charge < -0.3 is 14.5 Å². The number of likely N-dealkylation sites (N-methyl/N-ethyl adjacent to an activating group) is 1. The summed E-state index contributed by atoms with van der Waals surface area (Å²) in [5.74, 6) is 1.90. The van der Waals surface area contributed by atoms with Crippen LogP contribution in [0.4, 0.5) is 5.82 Å². The first-order valence-electron chi connectivity index (χ1n) is 10.1. The average Bonchev–Trinajstić information content (AvgIpc) is 2.71. The average molecular weight is 380 g/mol. The van der Waals surface area contributed by atoms with Gasteiger partial charge in [0.15, 0.2) is 0 Å². The van der Waals surface area contributed by atoms with Gasteiger partial charge in [-0.25, -0.2) is 9.97 Å². The molecule has 0 N–H and O–H groups in total. The van der Waals surface area contributed by atoms with Crippen LogP contribution in [0.3, 0.4) is 0 Å². The van der Waals surface area contributed by atoms with Gasteiger partial charge in [0.1, 0.15) is 24.4 Å². The Kier molecular flexibility index (Phi) is 5.06. The Bertz CT molecular complexity index is 857. The third kappa shape index (κ3) is 3.15. The van der Waals surface area contributed by atoms with Gasteiger partial charge >= 0.3 is 0 Å². The second-order valence-electron chi connectivity index (χ2n) is 7.77. The van der Waals surface area contributed by atoms with Crippen molar-refractivity contribution in [2.45, 2.75) is 44.8 Å². The van der Waals surface area contributed by atoms with E-state index in [1.165, 1.54) is 0 Å². The molecule has 6 heteroatoms. The minimum Gasteiger partial charge on any atom is -0.364 e. The first kappa shape index (κ1) is 18.9. The zero-order valence-corrected chi connectivity index (χ0v) is 16.9. The molecule has 1 aromatic carbocycles. The topological polar surface area (TPSA) is 58.6 Å². The molecule has 2 saturated heterocycles. The molecule has 0 unspecified atom stereocenters. The van der Waals surface area contributed by atoms with Crippen molar-refractivity contribution >= 4 is 11.7 Å². The van der Waals surface area contributed by atoms with E-state index in [1.807, 2.05) is 43.1 Å². The highest BCUT2D eigenvalue weighted by Crippen LogP contribution is 2.42. The van der Waals surface area contributed by atoms with Crippen LogP contribution in [0.5, 0.6) is 0 Å². The van der Waals surface area contributed by atoms with Crippen molar-refractivity contribution in [2.75, 3.05) is 31.6 Å². The summed E-state index contributed by atoms with van der Waals surface area (Å²) in [6.45, 7) is 5.81. The van der Waals surface area contributed by atoms with Crippen molar-refractivity contribution in [3.8, 4) is 0 Å². The van der Waals surface area contributed by atoms with Crippen LogP contribution in [-0.4, -0.2) is 53.6 Å². The molecule has 2 aliphatic rings. The maximum Gasteiger partial charge on any atom is 0.249 e. The van der Waals surface area contributed by atoms with Crippen molar-refractivity contribution in [3.05, 3.63) is 53.5 Å². The van der Waals surface area contributed by atoms with Crippen LogP contribution in [0.2, 0.25) is 0 Å². The minimum atomic E-state index is -0.429. The molecular weight excluding hydrogens is 352 g/mol. The fourth-order valence-corrected chi connectivity index (χ4v) is 4.54. The van der Waals surface area contributed by atoms with Gasteiger partial charge in [-0.2, -0.15) is 0 Å². The van der Waals surface area contributed by atoms with E-state index < -0.39 is 5.54 Å². The van der Waals surface area contributed by atoms with Crippen LogP contribution in [0.25, 0.3) is 0 Å². The van der Waals surface area contributed by atoms with E-state index in [2.05, 4.69) is 28.9 Å². The molecule has 0 radical (unpaired) electrons. The number of benzene rings is 1. The molecule has 0 saturated carbocycles. The Morgan fingerprint density at radius 1 is 1.25 bits per heavy atom. The highest BCUT2D eigenvalue weighted by atomic mass is 16.5. The van der Waals surface area contributed by atoms with E-state index in [-0.39, 0.29) is 18.6 Å². The second kappa shape index (κ2) is 7.51. The van der Waals surface area contributed by atoms with Crippen LogP contribution < -0.4 is 4.90 Å². The normalized spacial score (nSPS) is 25.0. The number of hydrogen-bond acceptors (Lipinski definition) is 5. The van der Waals surface area contributed by atoms with Crippen LogP contribution >= 0.6 is 0 Å². The molecule has 1 aromatic heterocycles. The lowest BCUT2D eigenvalue weighted by molar-refractivity contribution is -0.173. The molecule has 6 nitrogen and oxygen atoms in total. The molecule has 0 aliphatic carbocycles. The largest absolute Gasteiger partial charge is 0.364 e. The minimum absolute atomic E-state index is 0.0386. The zero-order valence-electron chi connectivity index (χ0n) is 16.9. The first-order valence-corrected chi connectivity index (χ1v) is 10.1. The van der Waals surface area contributed by atoms with Gasteiger partial charge in [0.2, 0.25) is 5.91 Å². The van der Waals surface area contributed by atoms with Crippen LogP contribution in [-0.2, 0) is 21.5 Å². The Hall–Kier alpha value is -2.47. The number of aromatic nitrogens is 2. The molecule has 0 spiro atoms. The van der Waals surface area contributed by atoms with E-state index in [1.54, 1.807) is 0 Å². The number of piperidine rings is 1. The Balaban J connectivity index is 1.67. The third-order valence-corrected chi connectivity index (χ3v) is 6.02. The fourth-order valence-electron chi connectivity index (χ4n) is 4.54. The molecule has 4 rings (SSSR count). The van der Waals surface area contributed by atoms with E-state index >= 15 is 0 Å². The summed E-state index contributed by atoms with van der Waals surface area (Å²) in [7, 11) is 1.91. The standard InChI is InChI=1S/C22H28N4O2/c1-4-8-19-23-16(2)13-20(24-19)26-12-11-22(17-9-6-5-7-10-17)18(14-26)28-15-21(27)25(22)3/h5-7,9-10,13,18H,4,8,11-12,14-15H2,1-3H3/t18-,22+/m1/s1. The number of nitrogens with zero attached hydrogens (tertiary/aromatic N) is 4. The summed E-state index contributed by atoms with van der Waals surface area (Å²) in [5.41, 5.74) is 1.70. The number of anilines is 1. The molecule has 2 fully saturated rings. The van der Waals surface area contributed by atoms with Crippen molar-refractivity contribution in [3.63, 3.8) is 0 Å². The number of hydrogen-bond donors (Lipinski definition) is 0. The van der Waals surface area contributed by atoms with Gasteiger partial charge in [0, 0.05) is 38.3 Å². The molecule has 2 aliphatic heterocycles. The summed E-state index contributed by atoms with van der Waals surface area (Å²) in [5, 5.41) is 0. The fraction of sp³-hybridized carbons (Fsp3) is 0.500. The third-order valence-electron chi connectivity index (χ3n) is 6.02. The van der Waals surface area contributed by atoms with Crippen molar-refractivity contribution in [2.24, 2.45) is 0 Å². The lowest BCUT2D eigenvalue weighted by Gasteiger charge is -2.55. The Morgan fingerprint density at radius 3 is 2.79 bits per heavy atom. The number of morpholine rings is 1. The lowest BCUT2D eigenvalue weighted by Crippen LogP contribution is -2.67. The molecule has 2 atom stereocenters. The van der Waals surface area contributed by atoms with Gasteiger partial charge in [-0.15, -0.1) is 0 Å². The molecule has 0 bridgehead atoms. The number of carbonyl (C=O) groups is 1. The van der Waals surface area contributed by atoms with Crippen LogP contribution in [0.15, 0.2) is 36.4 Å². The van der Waals surface area contributed by atoms with Gasteiger partial charge in [0.05, 0.1) is 5.54 Å². The number of rotatable bonds is 4. The van der Waals surface area contributed by atoms with E-state index in [0.29, 0.717) is 6.54 Å². The summed E-state index contributed by atoms with van der Waals surface area (Å²) in [6.07, 6.45) is 2.61. The zero-order chi connectivity index (χ0) is 19.7. The number of aryl methyl sites for hydroxylation is 2. The monoisotopic (exact) mass is 380 g/mol. The Labute approximate surface area is 166 Å². The molecule has 28 heavy (non-hydrogen) atoms. The van der Waals surface area contributed by atoms with Crippen LogP contribution in [0.1, 0.15) is 36.8 Å². The van der Waals surface area contributed by atoms with Gasteiger partial charge in [-0.3, -0.25) is 4.79 Å². The summed E-state index contributed by atoms with van der Waals surface area (Å²) < 4.78 is 6.11. The van der Waals surface area contributed by atoms with E-state index in [4.69, 9.17) is 9.72 Å². The van der Waals surface area contributed by atoms with E-state index in [9.17, 15) is 4.79 Å².